The minimum atomic E-state index is -1.17. The number of nitrogens with zero attached hydrogens (tertiary/aromatic N) is 2. The molecule has 1 atom stereocenters. The molecule has 0 aromatic heterocycles. The lowest BCUT2D eigenvalue weighted by atomic mass is 10.1. The zero-order valence-corrected chi connectivity index (χ0v) is 9.64. The van der Waals surface area contributed by atoms with Crippen molar-refractivity contribution in [2.45, 2.75) is 19.4 Å². The normalized spacial score (nSPS) is 13.5. The van der Waals surface area contributed by atoms with Crippen LogP contribution in [-0.4, -0.2) is 17.1 Å². The van der Waals surface area contributed by atoms with Crippen molar-refractivity contribution < 1.29 is 9.66 Å². The molecule has 2 N–H and O–H groups in total. The van der Waals surface area contributed by atoms with E-state index in [0.29, 0.717) is 5.56 Å². The number of nitro groups is 1. The average molecular weight is 235 g/mol. The van der Waals surface area contributed by atoms with Gasteiger partial charge in [-0.25, -0.2) is 0 Å². The van der Waals surface area contributed by atoms with Gasteiger partial charge in [-0.2, -0.15) is 5.26 Å². The van der Waals surface area contributed by atoms with Gasteiger partial charge >= 0.3 is 5.69 Å². The molecule has 6 nitrogen and oxygen atoms in total. The minimum absolute atomic E-state index is 0.102. The van der Waals surface area contributed by atoms with Crippen molar-refractivity contribution in [1.82, 2.24) is 0 Å². The number of nitro benzene ring substituents is 1. The summed E-state index contributed by atoms with van der Waals surface area (Å²) in [6.45, 7) is 3.09. The lowest BCUT2D eigenvalue weighted by molar-refractivity contribution is -0.385. The molecule has 0 saturated carbocycles. The van der Waals surface area contributed by atoms with Gasteiger partial charge in [0.1, 0.15) is 12.1 Å². The summed E-state index contributed by atoms with van der Waals surface area (Å²) in [6.07, 6.45) is 0. The van der Waals surface area contributed by atoms with Gasteiger partial charge in [-0.05, 0) is 19.4 Å². The summed E-state index contributed by atoms with van der Waals surface area (Å²) in [5.74, 6) is 0.157. The first-order valence-electron chi connectivity index (χ1n) is 4.94. The quantitative estimate of drug-likeness (QED) is 0.629. The first kappa shape index (κ1) is 12.9. The SMILES string of the molecule is Cc1cccc([N+](=O)[O-])c1OCC(C)(N)C#N. The highest BCUT2D eigenvalue weighted by Gasteiger charge is 2.22. The van der Waals surface area contributed by atoms with Gasteiger partial charge in [0.2, 0.25) is 0 Å². The van der Waals surface area contributed by atoms with Crippen LogP contribution >= 0.6 is 0 Å². The molecular formula is C11H13N3O3. The molecule has 90 valence electrons. The maximum Gasteiger partial charge on any atom is 0.311 e. The van der Waals surface area contributed by atoms with Gasteiger partial charge in [0.15, 0.2) is 5.75 Å². The number of para-hydroxylation sites is 1. The van der Waals surface area contributed by atoms with E-state index in [1.165, 1.54) is 13.0 Å². The van der Waals surface area contributed by atoms with Crippen molar-refractivity contribution >= 4 is 5.69 Å². The van der Waals surface area contributed by atoms with E-state index >= 15 is 0 Å². The van der Waals surface area contributed by atoms with Gasteiger partial charge in [0.25, 0.3) is 0 Å². The molecule has 6 heteroatoms. The highest BCUT2D eigenvalue weighted by Crippen LogP contribution is 2.30. The molecule has 0 aliphatic rings. The van der Waals surface area contributed by atoms with Crippen LogP contribution in [0.25, 0.3) is 0 Å². The number of ether oxygens (including phenoxy) is 1. The summed E-state index contributed by atoms with van der Waals surface area (Å²) >= 11 is 0. The highest BCUT2D eigenvalue weighted by atomic mass is 16.6. The number of hydrogen-bond donors (Lipinski definition) is 1. The third-order valence-electron chi connectivity index (χ3n) is 2.16. The second-order valence-corrected chi connectivity index (χ2v) is 4.00. The summed E-state index contributed by atoms with van der Waals surface area (Å²) < 4.78 is 5.30. The Morgan fingerprint density at radius 2 is 2.29 bits per heavy atom. The molecule has 0 saturated heterocycles. The number of nitrogens with two attached hydrogens (primary N) is 1. The molecule has 0 amide bonds. The summed E-state index contributed by atoms with van der Waals surface area (Å²) in [5, 5.41) is 19.5. The van der Waals surface area contributed by atoms with Crippen LogP contribution in [0.5, 0.6) is 5.75 Å². The number of nitriles is 1. The number of benzene rings is 1. The van der Waals surface area contributed by atoms with Gasteiger partial charge in [-0.1, -0.05) is 12.1 Å². The van der Waals surface area contributed by atoms with Crippen LogP contribution in [0.15, 0.2) is 18.2 Å². The maximum absolute atomic E-state index is 10.8. The summed E-state index contributed by atoms with van der Waals surface area (Å²) in [7, 11) is 0. The minimum Gasteiger partial charge on any atom is -0.484 e. The fourth-order valence-corrected chi connectivity index (χ4v) is 1.22. The van der Waals surface area contributed by atoms with E-state index in [4.69, 9.17) is 15.7 Å². The summed E-state index contributed by atoms with van der Waals surface area (Å²) in [6, 6.07) is 6.49. The molecule has 1 unspecified atom stereocenters. The Hall–Kier alpha value is -2.13. The second kappa shape index (κ2) is 4.80. The van der Waals surface area contributed by atoms with E-state index in [9.17, 15) is 10.1 Å². The number of aryl methyl sites for hydroxylation is 1. The van der Waals surface area contributed by atoms with Crippen LogP contribution in [0.3, 0.4) is 0 Å². The van der Waals surface area contributed by atoms with Crippen molar-refractivity contribution in [1.29, 1.82) is 5.26 Å². The lowest BCUT2D eigenvalue weighted by Gasteiger charge is -2.17. The summed E-state index contributed by atoms with van der Waals surface area (Å²) in [4.78, 5) is 10.3. The second-order valence-electron chi connectivity index (χ2n) is 4.00. The lowest BCUT2D eigenvalue weighted by Crippen LogP contribution is -2.40. The zero-order valence-electron chi connectivity index (χ0n) is 9.64. The first-order chi connectivity index (χ1) is 7.87. The third kappa shape index (κ3) is 3.16. The zero-order chi connectivity index (χ0) is 13.1. The molecule has 0 fully saturated rings. The topological polar surface area (TPSA) is 102 Å². The molecule has 0 heterocycles. The van der Waals surface area contributed by atoms with E-state index in [-0.39, 0.29) is 18.0 Å². The van der Waals surface area contributed by atoms with Gasteiger partial charge in [0.05, 0.1) is 11.0 Å². The van der Waals surface area contributed by atoms with Crippen molar-refractivity contribution in [3.63, 3.8) is 0 Å². The molecular weight excluding hydrogens is 222 g/mol. The van der Waals surface area contributed by atoms with Crippen molar-refractivity contribution in [2.24, 2.45) is 5.73 Å². The van der Waals surface area contributed by atoms with Gasteiger partial charge in [0, 0.05) is 6.07 Å². The van der Waals surface area contributed by atoms with Crippen LogP contribution in [-0.2, 0) is 0 Å². The Bertz CT molecular complexity index is 477. The Morgan fingerprint density at radius 1 is 1.65 bits per heavy atom. The standard InChI is InChI=1S/C11H13N3O3/c1-8-4-3-5-9(14(15)16)10(8)17-7-11(2,13)6-12/h3-5H,7,13H2,1-2H3. The smallest absolute Gasteiger partial charge is 0.311 e. The molecule has 1 aromatic rings. The number of rotatable bonds is 4. The Labute approximate surface area is 98.8 Å². The molecule has 0 aliphatic heterocycles. The maximum atomic E-state index is 10.8. The van der Waals surface area contributed by atoms with Gasteiger partial charge < -0.3 is 10.5 Å². The van der Waals surface area contributed by atoms with Crippen molar-refractivity contribution in [3.05, 3.63) is 33.9 Å². The average Bonchev–Trinajstić information content (AvgIpc) is 2.27. The predicted octanol–water partition coefficient (Wildman–Crippen LogP) is 1.52. The number of hydrogen-bond acceptors (Lipinski definition) is 5. The van der Waals surface area contributed by atoms with Crippen LogP contribution in [0, 0.1) is 28.4 Å². The molecule has 1 rings (SSSR count). The molecule has 0 spiro atoms. The predicted molar refractivity (Wildman–Crippen MR) is 61.5 cm³/mol. The first-order valence-corrected chi connectivity index (χ1v) is 4.94. The van der Waals surface area contributed by atoms with Crippen molar-refractivity contribution in [2.75, 3.05) is 6.61 Å². The largest absolute Gasteiger partial charge is 0.484 e. The van der Waals surface area contributed by atoms with E-state index in [2.05, 4.69) is 0 Å². The Morgan fingerprint density at radius 3 is 2.82 bits per heavy atom. The Balaban J connectivity index is 2.99. The van der Waals surface area contributed by atoms with Gasteiger partial charge in [-0.3, -0.25) is 10.1 Å². The van der Waals surface area contributed by atoms with E-state index in [1.54, 1.807) is 19.1 Å². The monoisotopic (exact) mass is 235 g/mol. The van der Waals surface area contributed by atoms with Crippen LogP contribution < -0.4 is 10.5 Å². The van der Waals surface area contributed by atoms with Gasteiger partial charge in [-0.15, -0.1) is 0 Å². The summed E-state index contributed by atoms with van der Waals surface area (Å²) in [5.41, 5.74) is 4.92. The van der Waals surface area contributed by atoms with E-state index in [0.717, 1.165) is 0 Å². The van der Waals surface area contributed by atoms with E-state index < -0.39 is 10.5 Å². The molecule has 0 radical (unpaired) electrons. The van der Waals surface area contributed by atoms with Crippen molar-refractivity contribution in [3.8, 4) is 11.8 Å². The fourth-order valence-electron chi connectivity index (χ4n) is 1.22. The van der Waals surface area contributed by atoms with Crippen LogP contribution in [0.2, 0.25) is 0 Å². The molecule has 17 heavy (non-hydrogen) atoms. The molecule has 0 bridgehead atoms. The molecule has 1 aromatic carbocycles. The van der Waals surface area contributed by atoms with Crippen LogP contribution in [0.4, 0.5) is 5.69 Å². The Kier molecular flexibility index (Phi) is 3.66. The van der Waals surface area contributed by atoms with E-state index in [1.807, 2.05) is 6.07 Å². The van der Waals surface area contributed by atoms with Crippen LogP contribution in [0.1, 0.15) is 12.5 Å². The molecule has 0 aliphatic carbocycles. The third-order valence-corrected chi connectivity index (χ3v) is 2.16. The highest BCUT2D eigenvalue weighted by molar-refractivity contribution is 5.51. The fraction of sp³-hybridized carbons (Fsp3) is 0.364.